The molecule has 0 heterocycles. The molecule has 5 heteroatoms. The molecule has 2 aromatic carbocycles. The molecule has 0 saturated carbocycles. The summed E-state index contributed by atoms with van der Waals surface area (Å²) < 4.78 is 5.75. The molecule has 2 rings (SSSR count). The van der Waals surface area contributed by atoms with Crippen molar-refractivity contribution in [1.29, 1.82) is 0 Å². The number of benzene rings is 2. The lowest BCUT2D eigenvalue weighted by molar-refractivity contribution is -0.124. The van der Waals surface area contributed by atoms with Crippen LogP contribution < -0.4 is 10.1 Å². The first kappa shape index (κ1) is 18.1. The molecular weight excluding hydrogens is 322 g/mol. The van der Waals surface area contributed by atoms with Gasteiger partial charge in [0.15, 0.2) is 0 Å². The first-order valence-corrected chi connectivity index (χ1v) is 9.04. The normalized spacial score (nSPS) is 11.5. The standard InChI is InChI=1S/C19H21NO3S/c1-24-18(19(22)20-14-21)13-16-7-9-17(10-8-16)23-12-11-15-5-3-2-4-6-15/h2-10,14,18H,11-13H2,1H3,(H,20,21,22). The third kappa shape index (κ3) is 5.74. The van der Waals surface area contributed by atoms with Crippen molar-refractivity contribution in [1.82, 2.24) is 5.32 Å². The van der Waals surface area contributed by atoms with E-state index >= 15 is 0 Å². The van der Waals surface area contributed by atoms with Gasteiger partial charge in [-0.1, -0.05) is 42.5 Å². The van der Waals surface area contributed by atoms with Crippen LogP contribution in [0.4, 0.5) is 0 Å². The number of imide groups is 1. The van der Waals surface area contributed by atoms with E-state index in [0.29, 0.717) is 19.4 Å². The summed E-state index contributed by atoms with van der Waals surface area (Å²) in [4.78, 5) is 22.1. The molecule has 1 atom stereocenters. The quantitative estimate of drug-likeness (QED) is 0.712. The van der Waals surface area contributed by atoms with Gasteiger partial charge in [-0.05, 0) is 35.9 Å². The van der Waals surface area contributed by atoms with Crippen LogP contribution in [-0.4, -0.2) is 30.4 Å². The molecule has 0 fully saturated rings. The number of nitrogens with one attached hydrogen (secondary N) is 1. The Morgan fingerprint density at radius 2 is 1.83 bits per heavy atom. The molecule has 0 saturated heterocycles. The lowest BCUT2D eigenvalue weighted by atomic mass is 10.1. The highest BCUT2D eigenvalue weighted by Crippen LogP contribution is 2.18. The Balaban J connectivity index is 1.83. The van der Waals surface area contributed by atoms with E-state index in [4.69, 9.17) is 4.74 Å². The van der Waals surface area contributed by atoms with Crippen LogP contribution in [0.15, 0.2) is 54.6 Å². The van der Waals surface area contributed by atoms with Crippen LogP contribution in [-0.2, 0) is 22.4 Å². The molecule has 2 amide bonds. The molecule has 4 nitrogen and oxygen atoms in total. The minimum absolute atomic E-state index is 0.263. The summed E-state index contributed by atoms with van der Waals surface area (Å²) in [6.45, 7) is 0.624. The average molecular weight is 343 g/mol. The third-order valence-corrected chi connectivity index (χ3v) is 4.57. The Hall–Kier alpha value is -2.27. The summed E-state index contributed by atoms with van der Waals surface area (Å²) in [6.07, 6.45) is 3.72. The van der Waals surface area contributed by atoms with E-state index in [1.54, 1.807) is 0 Å². The van der Waals surface area contributed by atoms with Crippen LogP contribution in [0.5, 0.6) is 5.75 Å². The van der Waals surface area contributed by atoms with Crippen LogP contribution in [0, 0.1) is 0 Å². The number of amides is 2. The van der Waals surface area contributed by atoms with Gasteiger partial charge in [0.25, 0.3) is 0 Å². The van der Waals surface area contributed by atoms with Crippen molar-refractivity contribution in [3.63, 3.8) is 0 Å². The molecule has 0 aliphatic heterocycles. The van der Waals surface area contributed by atoms with E-state index in [1.165, 1.54) is 17.3 Å². The second kappa shape index (κ2) is 9.78. The largest absolute Gasteiger partial charge is 0.493 e. The number of ether oxygens (including phenoxy) is 1. The van der Waals surface area contributed by atoms with Crippen molar-refractivity contribution >= 4 is 24.1 Å². The minimum atomic E-state index is -0.278. The molecule has 0 radical (unpaired) electrons. The van der Waals surface area contributed by atoms with Gasteiger partial charge in [-0.3, -0.25) is 14.9 Å². The lowest BCUT2D eigenvalue weighted by Crippen LogP contribution is -2.32. The molecule has 126 valence electrons. The minimum Gasteiger partial charge on any atom is -0.493 e. The van der Waals surface area contributed by atoms with E-state index < -0.39 is 0 Å². The van der Waals surface area contributed by atoms with Gasteiger partial charge in [-0.15, -0.1) is 0 Å². The van der Waals surface area contributed by atoms with Crippen LogP contribution in [0.25, 0.3) is 0 Å². The number of carbonyl (C=O) groups excluding carboxylic acids is 2. The number of carbonyl (C=O) groups is 2. The first-order valence-electron chi connectivity index (χ1n) is 7.75. The van der Waals surface area contributed by atoms with Crippen molar-refractivity contribution in [2.75, 3.05) is 12.9 Å². The molecule has 0 aromatic heterocycles. The van der Waals surface area contributed by atoms with Gasteiger partial charge in [0.1, 0.15) is 5.75 Å². The fourth-order valence-electron chi connectivity index (χ4n) is 2.30. The fraction of sp³-hybridized carbons (Fsp3) is 0.263. The Bertz CT molecular complexity index is 643. The van der Waals surface area contributed by atoms with Gasteiger partial charge < -0.3 is 4.74 Å². The SMILES string of the molecule is CSC(Cc1ccc(OCCc2ccccc2)cc1)C(=O)NC=O. The predicted molar refractivity (Wildman–Crippen MR) is 97.3 cm³/mol. The summed E-state index contributed by atoms with van der Waals surface area (Å²) >= 11 is 1.43. The van der Waals surface area contributed by atoms with Gasteiger partial charge >= 0.3 is 0 Å². The molecule has 2 aromatic rings. The van der Waals surface area contributed by atoms with E-state index in [9.17, 15) is 9.59 Å². The third-order valence-electron chi connectivity index (χ3n) is 3.62. The number of rotatable bonds is 9. The number of hydrogen-bond donors (Lipinski definition) is 1. The van der Waals surface area contributed by atoms with E-state index in [2.05, 4.69) is 17.4 Å². The maximum atomic E-state index is 11.7. The van der Waals surface area contributed by atoms with Gasteiger partial charge in [0.2, 0.25) is 12.3 Å². The molecule has 0 bridgehead atoms. The Kier molecular flexibility index (Phi) is 7.36. The predicted octanol–water partition coefficient (Wildman–Crippen LogP) is 2.85. The zero-order chi connectivity index (χ0) is 17.2. The Morgan fingerprint density at radius 3 is 2.46 bits per heavy atom. The molecule has 24 heavy (non-hydrogen) atoms. The highest BCUT2D eigenvalue weighted by atomic mass is 32.2. The monoisotopic (exact) mass is 343 g/mol. The zero-order valence-corrected chi connectivity index (χ0v) is 14.4. The van der Waals surface area contributed by atoms with E-state index in [0.717, 1.165) is 17.7 Å². The number of hydrogen-bond acceptors (Lipinski definition) is 4. The maximum Gasteiger partial charge on any atom is 0.239 e. The molecular formula is C19H21NO3S. The second-order valence-electron chi connectivity index (χ2n) is 5.28. The Morgan fingerprint density at radius 1 is 1.12 bits per heavy atom. The fourth-order valence-corrected chi connectivity index (χ4v) is 2.94. The van der Waals surface area contributed by atoms with Gasteiger partial charge in [-0.25, -0.2) is 0 Å². The van der Waals surface area contributed by atoms with Crippen LogP contribution in [0.1, 0.15) is 11.1 Å². The van der Waals surface area contributed by atoms with Crippen molar-refractivity contribution in [2.24, 2.45) is 0 Å². The molecule has 1 N–H and O–H groups in total. The van der Waals surface area contributed by atoms with Gasteiger partial charge in [0.05, 0.1) is 11.9 Å². The van der Waals surface area contributed by atoms with Crippen LogP contribution in [0.2, 0.25) is 0 Å². The van der Waals surface area contributed by atoms with Gasteiger partial charge in [-0.2, -0.15) is 11.8 Å². The summed E-state index contributed by atoms with van der Waals surface area (Å²) in [5.74, 6) is 0.549. The average Bonchev–Trinajstić information content (AvgIpc) is 2.62. The highest BCUT2D eigenvalue weighted by Gasteiger charge is 2.17. The highest BCUT2D eigenvalue weighted by molar-refractivity contribution is 7.99. The molecule has 1 unspecified atom stereocenters. The smallest absolute Gasteiger partial charge is 0.239 e. The van der Waals surface area contributed by atoms with Crippen LogP contribution in [0.3, 0.4) is 0 Å². The van der Waals surface area contributed by atoms with Crippen molar-refractivity contribution < 1.29 is 14.3 Å². The summed E-state index contributed by atoms with van der Waals surface area (Å²) in [6, 6.07) is 17.9. The zero-order valence-electron chi connectivity index (χ0n) is 13.6. The molecule has 0 aliphatic carbocycles. The summed E-state index contributed by atoms with van der Waals surface area (Å²) in [5, 5.41) is 1.93. The van der Waals surface area contributed by atoms with Gasteiger partial charge in [0, 0.05) is 6.42 Å². The summed E-state index contributed by atoms with van der Waals surface area (Å²) in [5.41, 5.74) is 2.28. The second-order valence-corrected chi connectivity index (χ2v) is 6.32. The molecule has 0 aliphatic rings. The topological polar surface area (TPSA) is 55.4 Å². The number of thioether (sulfide) groups is 1. The molecule has 0 spiro atoms. The van der Waals surface area contributed by atoms with E-state index in [-0.39, 0.29) is 11.2 Å². The lowest BCUT2D eigenvalue weighted by Gasteiger charge is -2.13. The Labute approximate surface area is 146 Å². The van der Waals surface area contributed by atoms with Crippen LogP contribution >= 0.6 is 11.8 Å². The van der Waals surface area contributed by atoms with E-state index in [1.807, 2.05) is 48.7 Å². The first-order chi connectivity index (χ1) is 11.7. The maximum absolute atomic E-state index is 11.7. The van der Waals surface area contributed by atoms with Crippen molar-refractivity contribution in [3.05, 3.63) is 65.7 Å². The van der Waals surface area contributed by atoms with Crippen molar-refractivity contribution in [3.8, 4) is 5.75 Å². The summed E-state index contributed by atoms with van der Waals surface area (Å²) in [7, 11) is 0. The van der Waals surface area contributed by atoms with Crippen molar-refractivity contribution in [2.45, 2.75) is 18.1 Å².